The van der Waals surface area contributed by atoms with Gasteiger partial charge < -0.3 is 23.8 Å². The van der Waals surface area contributed by atoms with Crippen LogP contribution in [0.1, 0.15) is 63.6 Å². The van der Waals surface area contributed by atoms with E-state index in [1.807, 2.05) is 78.9 Å². The van der Waals surface area contributed by atoms with Crippen molar-refractivity contribution >= 4 is 44.6 Å². The third-order valence-corrected chi connectivity index (χ3v) is 13.8. The molecule has 12 bridgehead atoms. The van der Waals surface area contributed by atoms with Crippen molar-refractivity contribution in [3.63, 3.8) is 0 Å². The van der Waals surface area contributed by atoms with E-state index < -0.39 is 41.7 Å². The number of hydrogen-bond acceptors (Lipinski definition) is 5. The molecule has 0 spiro atoms. The van der Waals surface area contributed by atoms with E-state index in [9.17, 15) is 4.11 Å². The molecule has 0 atom stereocenters. The standard InChI is InChI=1S/C68H53N4O2.Pt/c1-67(2,3)49-37-57(45-19-11-8-12-20-45)66-58(38-49)48-21-15-23-52(35-48)73-51-30-27-46(28-31-51)59-42-69-65(41-60(59)68(4,5)6)72-63-36-47(44-17-9-7-10-18-44)29-33-55(63)56-34-32-54(40-64(56)72)74-53-24-16-22-50(39-53)70-43-71(66)62-26-14-13-25-61(62)70;/h7-38,41-43H,1-6H3;/q-3;/i7D,9D,10D,17D,18D,29D,33D,36D;. The van der Waals surface area contributed by atoms with Crippen molar-refractivity contribution < 1.29 is 41.5 Å². The molecule has 0 saturated heterocycles. The summed E-state index contributed by atoms with van der Waals surface area (Å²) in [6.45, 7) is 15.1. The third-order valence-electron chi connectivity index (χ3n) is 13.8. The predicted octanol–water partition coefficient (Wildman–Crippen LogP) is 18.3. The summed E-state index contributed by atoms with van der Waals surface area (Å²) in [6, 6.07) is 53.7. The number of aromatic nitrogens is 2. The van der Waals surface area contributed by atoms with Crippen molar-refractivity contribution in [1.82, 2.24) is 9.55 Å². The molecule has 9 aromatic carbocycles. The van der Waals surface area contributed by atoms with Crippen LogP contribution in [0.25, 0.3) is 72.1 Å². The zero-order chi connectivity index (χ0) is 57.3. The first-order valence-corrected chi connectivity index (χ1v) is 24.7. The molecule has 4 aliphatic rings. The number of hydrogen-bond donors (Lipinski definition) is 0. The van der Waals surface area contributed by atoms with E-state index in [4.69, 9.17) is 21.3 Å². The van der Waals surface area contributed by atoms with Gasteiger partial charge >= 0.3 is 0 Å². The fourth-order valence-electron chi connectivity index (χ4n) is 10.1. The number of rotatable bonds is 2. The molecule has 0 fully saturated rings. The van der Waals surface area contributed by atoms with Crippen molar-refractivity contribution in [3.05, 3.63) is 236 Å². The Kier molecular flexibility index (Phi) is 9.77. The summed E-state index contributed by atoms with van der Waals surface area (Å²) >= 11 is 0. The molecular formula is C68H53N4O2Pt-3. The largest absolute Gasteiger partial charge is 0.509 e. The zero-order valence-electron chi connectivity index (χ0n) is 50.0. The Morgan fingerprint density at radius 2 is 1.23 bits per heavy atom. The summed E-state index contributed by atoms with van der Waals surface area (Å²) in [5.41, 5.74) is 10.7. The van der Waals surface area contributed by atoms with Gasteiger partial charge in [-0.15, -0.1) is 48.1 Å². The van der Waals surface area contributed by atoms with Crippen LogP contribution in [0, 0.1) is 18.8 Å². The van der Waals surface area contributed by atoms with Crippen LogP contribution in [0.3, 0.4) is 0 Å². The summed E-state index contributed by atoms with van der Waals surface area (Å²) in [4.78, 5) is 9.47. The predicted molar refractivity (Wildman–Crippen MR) is 303 cm³/mol. The smallest absolute Gasteiger partial charge is 0.135 e. The molecule has 370 valence electrons. The average Bonchev–Trinajstić information content (AvgIpc) is 3.32. The number of para-hydroxylation sites is 2. The van der Waals surface area contributed by atoms with Gasteiger partial charge in [0.05, 0.1) is 11.0 Å². The monoisotopic (exact) mass is 1160 g/mol. The summed E-state index contributed by atoms with van der Waals surface area (Å²) in [5, 5.41) is 0.698. The van der Waals surface area contributed by atoms with E-state index in [0.29, 0.717) is 39.7 Å². The topological polar surface area (TPSA) is 42.8 Å². The van der Waals surface area contributed by atoms with Gasteiger partial charge in [-0.1, -0.05) is 156 Å². The van der Waals surface area contributed by atoms with Gasteiger partial charge in [0.1, 0.15) is 17.3 Å². The number of nitrogens with zero attached hydrogens (tertiary/aromatic N) is 4. The zero-order valence-corrected chi connectivity index (χ0v) is 44.3. The van der Waals surface area contributed by atoms with Crippen molar-refractivity contribution in [2.75, 3.05) is 9.80 Å². The number of benzene rings is 9. The minimum absolute atomic E-state index is 0. The van der Waals surface area contributed by atoms with Crippen molar-refractivity contribution in [3.8, 4) is 73.3 Å². The molecule has 0 N–H and O–H groups in total. The Bertz CT molecular complexity index is 4430. The van der Waals surface area contributed by atoms with E-state index in [-0.39, 0.29) is 66.3 Å². The molecule has 6 heterocycles. The van der Waals surface area contributed by atoms with Gasteiger partial charge in [0.15, 0.2) is 0 Å². The molecule has 11 aromatic rings. The fraction of sp³-hybridized carbons (Fsp3) is 0.118. The van der Waals surface area contributed by atoms with Crippen molar-refractivity contribution in [2.45, 2.75) is 52.4 Å². The first kappa shape index (κ1) is 39.3. The summed E-state index contributed by atoms with van der Waals surface area (Å²) in [5.74, 6) is 2.32. The van der Waals surface area contributed by atoms with E-state index >= 15 is 0 Å². The van der Waals surface area contributed by atoms with Crippen LogP contribution in [0.15, 0.2) is 206 Å². The molecule has 0 amide bonds. The molecular weight excluding hydrogens is 1100 g/mol. The molecule has 4 aliphatic heterocycles. The van der Waals surface area contributed by atoms with E-state index in [1.165, 1.54) is 5.56 Å². The summed E-state index contributed by atoms with van der Waals surface area (Å²) < 4.78 is 87.4. The first-order chi connectivity index (χ1) is 39.2. The van der Waals surface area contributed by atoms with Gasteiger partial charge in [-0.25, -0.2) is 4.98 Å². The molecule has 0 unspecified atom stereocenters. The molecule has 7 heteroatoms. The van der Waals surface area contributed by atoms with Crippen molar-refractivity contribution in [2.24, 2.45) is 0 Å². The van der Waals surface area contributed by atoms with Gasteiger partial charge in [0.25, 0.3) is 0 Å². The fourth-order valence-corrected chi connectivity index (χ4v) is 10.1. The molecule has 15 rings (SSSR count). The Hall–Kier alpha value is -8.18. The van der Waals surface area contributed by atoms with Crippen LogP contribution in [-0.2, 0) is 31.9 Å². The van der Waals surface area contributed by atoms with Gasteiger partial charge in [0, 0.05) is 78.0 Å². The van der Waals surface area contributed by atoms with Crippen LogP contribution >= 0.6 is 0 Å². The number of fused-ring (bicyclic) bond motifs is 5. The second kappa shape index (κ2) is 18.6. The van der Waals surface area contributed by atoms with Crippen LogP contribution in [-0.4, -0.2) is 9.55 Å². The first-order valence-electron chi connectivity index (χ1n) is 28.7. The Labute approximate surface area is 465 Å². The van der Waals surface area contributed by atoms with E-state index in [0.717, 1.165) is 56.0 Å². The second-order valence-electron chi connectivity index (χ2n) is 20.8. The maximum Gasteiger partial charge on any atom is 0.135 e. The SMILES string of the molecule is [2H]c1c([2H])c([2H])c(-c2c([2H])c([2H])c3c4ccc5[c-]c4n(c3c2[2H])-c2cc(C(C)(C)C)c(cn2)-c2ccc(cc2)Oc2cccc(c2)-c2cc(C(C)(C)C)cc(-c3ccccc3)c2N2[CH-]N(c3[c-]c(ccc3)O5)c3ccccc32)c([2H])c1[2H].[Pt]. The van der Waals surface area contributed by atoms with Gasteiger partial charge in [-0.3, -0.25) is 0 Å². The Morgan fingerprint density at radius 1 is 0.533 bits per heavy atom. The third kappa shape index (κ3) is 8.67. The average molecular weight is 1160 g/mol. The molecule has 75 heavy (non-hydrogen) atoms. The molecule has 0 aliphatic carbocycles. The van der Waals surface area contributed by atoms with Crippen molar-refractivity contribution in [1.29, 1.82) is 0 Å². The molecule has 0 saturated carbocycles. The molecule has 6 nitrogen and oxygen atoms in total. The van der Waals surface area contributed by atoms with Crippen LogP contribution in [0.4, 0.5) is 22.7 Å². The molecule has 0 radical (unpaired) electrons. The number of anilines is 4. The number of pyridine rings is 1. The maximum absolute atomic E-state index is 9.97. The minimum atomic E-state index is -0.612. The van der Waals surface area contributed by atoms with Crippen LogP contribution in [0.5, 0.6) is 23.0 Å². The van der Waals surface area contributed by atoms with Gasteiger partial charge in [-0.05, 0) is 116 Å². The Balaban J connectivity index is 0.00000680. The Morgan fingerprint density at radius 3 is 1.99 bits per heavy atom. The summed E-state index contributed by atoms with van der Waals surface area (Å²) in [6.07, 6.45) is 1.79. The van der Waals surface area contributed by atoms with Gasteiger partial charge in [-0.2, -0.15) is 12.1 Å². The second-order valence-corrected chi connectivity index (χ2v) is 20.8. The van der Waals surface area contributed by atoms with E-state index in [1.54, 1.807) is 22.9 Å². The molecule has 2 aromatic heterocycles. The normalized spacial score (nSPS) is 14.4. The van der Waals surface area contributed by atoms with Crippen LogP contribution in [0.2, 0.25) is 0 Å². The maximum atomic E-state index is 9.97. The number of ether oxygens (including phenoxy) is 2. The minimum Gasteiger partial charge on any atom is -0.509 e. The van der Waals surface area contributed by atoms with E-state index in [2.05, 4.69) is 131 Å². The summed E-state index contributed by atoms with van der Waals surface area (Å²) in [7, 11) is 0. The van der Waals surface area contributed by atoms with Crippen LogP contribution < -0.4 is 19.3 Å². The van der Waals surface area contributed by atoms with Gasteiger partial charge in [0.2, 0.25) is 0 Å². The quantitative estimate of drug-likeness (QED) is 0.161.